The standard InChI is InChI=1S/C13H21ClN2/c1-4-13(9-15)16(3)10(2)11-6-5-7-12(14)8-11/h5-8,10,13H,4,9,15H2,1-3H3. The van der Waals surface area contributed by atoms with Crippen LogP contribution in [0.2, 0.25) is 5.02 Å². The van der Waals surface area contributed by atoms with Crippen molar-refractivity contribution >= 4 is 11.6 Å². The highest BCUT2D eigenvalue weighted by atomic mass is 35.5. The van der Waals surface area contributed by atoms with Crippen LogP contribution in [0.25, 0.3) is 0 Å². The summed E-state index contributed by atoms with van der Waals surface area (Å²) in [5, 5.41) is 0.790. The van der Waals surface area contributed by atoms with E-state index in [4.69, 9.17) is 17.3 Å². The molecule has 1 rings (SSSR count). The Bertz CT molecular complexity index is 323. The summed E-state index contributed by atoms with van der Waals surface area (Å²) in [4.78, 5) is 2.31. The minimum absolute atomic E-state index is 0.340. The molecule has 0 saturated carbocycles. The highest BCUT2D eigenvalue weighted by Gasteiger charge is 2.18. The van der Waals surface area contributed by atoms with Crippen molar-refractivity contribution in [3.05, 3.63) is 34.9 Å². The highest BCUT2D eigenvalue weighted by Crippen LogP contribution is 2.23. The molecule has 0 radical (unpaired) electrons. The van der Waals surface area contributed by atoms with Crippen molar-refractivity contribution in [1.29, 1.82) is 0 Å². The lowest BCUT2D eigenvalue weighted by Gasteiger charge is -2.32. The maximum Gasteiger partial charge on any atom is 0.0409 e. The first-order valence-corrected chi connectivity index (χ1v) is 6.15. The summed E-state index contributed by atoms with van der Waals surface area (Å²) in [6.07, 6.45) is 1.07. The molecule has 2 N–H and O–H groups in total. The largest absolute Gasteiger partial charge is 0.329 e. The van der Waals surface area contributed by atoms with Crippen molar-refractivity contribution in [3.8, 4) is 0 Å². The topological polar surface area (TPSA) is 29.3 Å². The van der Waals surface area contributed by atoms with Gasteiger partial charge in [0.1, 0.15) is 0 Å². The van der Waals surface area contributed by atoms with Crippen LogP contribution >= 0.6 is 11.6 Å². The number of halogens is 1. The number of hydrogen-bond donors (Lipinski definition) is 1. The summed E-state index contributed by atoms with van der Waals surface area (Å²) in [5.41, 5.74) is 7.00. The average molecular weight is 241 g/mol. The second-order valence-electron chi connectivity index (χ2n) is 4.19. The van der Waals surface area contributed by atoms with Gasteiger partial charge in [0.05, 0.1) is 0 Å². The van der Waals surface area contributed by atoms with Gasteiger partial charge < -0.3 is 5.73 Å². The van der Waals surface area contributed by atoms with E-state index in [1.807, 2.05) is 18.2 Å². The first kappa shape index (κ1) is 13.5. The molecule has 90 valence electrons. The third-order valence-electron chi connectivity index (χ3n) is 3.26. The van der Waals surface area contributed by atoms with E-state index in [1.165, 1.54) is 5.56 Å². The monoisotopic (exact) mass is 240 g/mol. The first-order chi connectivity index (χ1) is 7.60. The number of hydrogen-bond acceptors (Lipinski definition) is 2. The van der Waals surface area contributed by atoms with Crippen LogP contribution in [0.15, 0.2) is 24.3 Å². The van der Waals surface area contributed by atoms with Gasteiger partial charge in [-0.05, 0) is 38.1 Å². The number of nitrogens with two attached hydrogens (primary N) is 1. The van der Waals surface area contributed by atoms with Crippen LogP contribution in [-0.4, -0.2) is 24.5 Å². The zero-order valence-electron chi connectivity index (χ0n) is 10.3. The average Bonchev–Trinajstić information content (AvgIpc) is 2.29. The normalized spacial score (nSPS) is 15.1. The molecular weight excluding hydrogens is 220 g/mol. The summed E-state index contributed by atoms with van der Waals surface area (Å²) in [6.45, 7) is 5.04. The Hall–Kier alpha value is -0.570. The Labute approximate surface area is 103 Å². The van der Waals surface area contributed by atoms with Crippen LogP contribution in [0.3, 0.4) is 0 Å². The molecule has 0 amide bonds. The van der Waals surface area contributed by atoms with E-state index in [1.54, 1.807) is 0 Å². The molecule has 0 aliphatic carbocycles. The van der Waals surface area contributed by atoms with E-state index in [0.29, 0.717) is 18.6 Å². The van der Waals surface area contributed by atoms with Crippen LogP contribution in [0.1, 0.15) is 31.9 Å². The van der Waals surface area contributed by atoms with E-state index < -0.39 is 0 Å². The zero-order chi connectivity index (χ0) is 12.1. The molecule has 0 aliphatic heterocycles. The molecule has 1 aromatic carbocycles. The third-order valence-corrected chi connectivity index (χ3v) is 3.50. The fraction of sp³-hybridized carbons (Fsp3) is 0.538. The summed E-state index contributed by atoms with van der Waals surface area (Å²) < 4.78 is 0. The molecule has 1 aromatic rings. The molecule has 16 heavy (non-hydrogen) atoms. The Balaban J connectivity index is 2.80. The second kappa shape index (κ2) is 6.24. The molecular formula is C13H21ClN2. The van der Waals surface area contributed by atoms with Crippen LogP contribution in [0.4, 0.5) is 0 Å². The quantitative estimate of drug-likeness (QED) is 0.857. The van der Waals surface area contributed by atoms with Gasteiger partial charge in [0.15, 0.2) is 0 Å². The molecule has 0 aliphatic rings. The number of benzene rings is 1. The van der Waals surface area contributed by atoms with E-state index in [9.17, 15) is 0 Å². The SMILES string of the molecule is CCC(CN)N(C)C(C)c1cccc(Cl)c1. The van der Waals surface area contributed by atoms with Crippen molar-refractivity contribution in [2.75, 3.05) is 13.6 Å². The molecule has 0 saturated heterocycles. The van der Waals surface area contributed by atoms with Gasteiger partial charge in [0.25, 0.3) is 0 Å². The van der Waals surface area contributed by atoms with Gasteiger partial charge in [0.2, 0.25) is 0 Å². The molecule has 0 heterocycles. The maximum atomic E-state index is 6.00. The van der Waals surface area contributed by atoms with Gasteiger partial charge >= 0.3 is 0 Å². The first-order valence-electron chi connectivity index (χ1n) is 5.77. The van der Waals surface area contributed by atoms with Gasteiger partial charge in [-0.15, -0.1) is 0 Å². The Kier molecular flexibility index (Phi) is 5.26. The predicted molar refractivity (Wildman–Crippen MR) is 70.8 cm³/mol. The minimum atomic E-state index is 0.340. The second-order valence-corrected chi connectivity index (χ2v) is 4.63. The minimum Gasteiger partial charge on any atom is -0.329 e. The van der Waals surface area contributed by atoms with Crippen molar-refractivity contribution in [1.82, 2.24) is 4.90 Å². The maximum absolute atomic E-state index is 6.00. The lowest BCUT2D eigenvalue weighted by Crippen LogP contribution is -2.38. The fourth-order valence-corrected chi connectivity index (χ4v) is 2.14. The summed E-state index contributed by atoms with van der Waals surface area (Å²) >= 11 is 6.00. The summed E-state index contributed by atoms with van der Waals surface area (Å²) in [7, 11) is 2.12. The lowest BCUT2D eigenvalue weighted by molar-refractivity contribution is 0.184. The van der Waals surface area contributed by atoms with Gasteiger partial charge in [-0.2, -0.15) is 0 Å². The fourth-order valence-electron chi connectivity index (χ4n) is 1.94. The molecule has 0 bridgehead atoms. The Morgan fingerprint density at radius 3 is 2.62 bits per heavy atom. The molecule has 0 aromatic heterocycles. The van der Waals surface area contributed by atoms with Crippen molar-refractivity contribution in [2.45, 2.75) is 32.4 Å². The van der Waals surface area contributed by atoms with E-state index >= 15 is 0 Å². The van der Waals surface area contributed by atoms with Crippen molar-refractivity contribution in [3.63, 3.8) is 0 Å². The molecule has 3 heteroatoms. The number of rotatable bonds is 5. The summed E-state index contributed by atoms with van der Waals surface area (Å²) in [5.74, 6) is 0. The Morgan fingerprint density at radius 1 is 1.44 bits per heavy atom. The van der Waals surface area contributed by atoms with E-state index in [0.717, 1.165) is 11.4 Å². The predicted octanol–water partition coefficient (Wildman–Crippen LogP) is 3.07. The molecule has 0 spiro atoms. The Morgan fingerprint density at radius 2 is 2.12 bits per heavy atom. The van der Waals surface area contributed by atoms with Gasteiger partial charge in [-0.3, -0.25) is 4.90 Å². The van der Waals surface area contributed by atoms with Gasteiger partial charge in [-0.25, -0.2) is 0 Å². The van der Waals surface area contributed by atoms with Crippen LogP contribution in [-0.2, 0) is 0 Å². The zero-order valence-corrected chi connectivity index (χ0v) is 11.0. The van der Waals surface area contributed by atoms with E-state index in [-0.39, 0.29) is 0 Å². The number of nitrogens with zero attached hydrogens (tertiary/aromatic N) is 1. The summed E-state index contributed by atoms with van der Waals surface area (Å²) in [6, 6.07) is 8.78. The lowest BCUT2D eigenvalue weighted by atomic mass is 10.0. The van der Waals surface area contributed by atoms with Gasteiger partial charge in [0, 0.05) is 23.7 Å². The number of likely N-dealkylation sites (N-methyl/N-ethyl adjacent to an activating group) is 1. The highest BCUT2D eigenvalue weighted by molar-refractivity contribution is 6.30. The molecule has 0 fully saturated rings. The molecule has 2 unspecified atom stereocenters. The van der Waals surface area contributed by atoms with Crippen molar-refractivity contribution < 1.29 is 0 Å². The molecule has 2 nitrogen and oxygen atoms in total. The van der Waals surface area contributed by atoms with Crippen LogP contribution in [0, 0.1) is 0 Å². The van der Waals surface area contributed by atoms with Crippen LogP contribution < -0.4 is 5.73 Å². The molecule has 2 atom stereocenters. The van der Waals surface area contributed by atoms with Crippen molar-refractivity contribution in [2.24, 2.45) is 5.73 Å². The third kappa shape index (κ3) is 3.21. The van der Waals surface area contributed by atoms with Crippen LogP contribution in [0.5, 0.6) is 0 Å². The van der Waals surface area contributed by atoms with Gasteiger partial charge in [-0.1, -0.05) is 30.7 Å². The smallest absolute Gasteiger partial charge is 0.0409 e. The van der Waals surface area contributed by atoms with E-state index in [2.05, 4.69) is 31.9 Å².